The van der Waals surface area contributed by atoms with Gasteiger partial charge < -0.3 is 9.55 Å². The molecular weight excluding hydrogens is 682 g/mol. The number of imidazole rings is 1. The van der Waals surface area contributed by atoms with Crippen LogP contribution >= 0.6 is 0 Å². The number of halogens is 1. The molecule has 5 aromatic heterocycles. The van der Waals surface area contributed by atoms with Crippen molar-refractivity contribution in [1.82, 2.24) is 29.5 Å². The maximum Gasteiger partial charge on any atom is 0.151 e. The van der Waals surface area contributed by atoms with E-state index in [0.29, 0.717) is 11.4 Å². The zero-order valence-corrected chi connectivity index (χ0v) is 32.7. The lowest BCUT2D eigenvalue weighted by atomic mass is 9.75. The van der Waals surface area contributed by atoms with Crippen molar-refractivity contribution in [1.29, 1.82) is 0 Å². The molecule has 0 radical (unpaired) electrons. The van der Waals surface area contributed by atoms with Crippen molar-refractivity contribution < 1.29 is 4.39 Å². The van der Waals surface area contributed by atoms with Gasteiger partial charge in [-0.2, -0.15) is 0 Å². The molecule has 2 unspecified atom stereocenters. The van der Waals surface area contributed by atoms with Gasteiger partial charge in [-0.05, 0) is 104 Å². The van der Waals surface area contributed by atoms with Gasteiger partial charge in [-0.1, -0.05) is 64.5 Å². The van der Waals surface area contributed by atoms with E-state index >= 15 is 4.39 Å². The van der Waals surface area contributed by atoms with Crippen LogP contribution in [0.15, 0.2) is 65.9 Å². The number of allylic oxidation sites excluding steroid dienone is 1. The number of pyridine rings is 3. The molecule has 8 heteroatoms. The fourth-order valence-corrected chi connectivity index (χ4v) is 9.83. The summed E-state index contributed by atoms with van der Waals surface area (Å²) in [5.74, 6) is 2.45. The summed E-state index contributed by atoms with van der Waals surface area (Å²) in [5.41, 5.74) is 13.9. The zero-order valence-electron chi connectivity index (χ0n) is 32.7. The van der Waals surface area contributed by atoms with Gasteiger partial charge in [0.15, 0.2) is 5.82 Å². The second-order valence-electron chi connectivity index (χ2n) is 17.4. The minimum absolute atomic E-state index is 0.000848. The number of H-pyrrole nitrogens is 1. The van der Waals surface area contributed by atoms with Crippen LogP contribution in [0, 0.1) is 36.4 Å². The molecule has 1 N–H and O–H groups in total. The summed E-state index contributed by atoms with van der Waals surface area (Å²) in [6.45, 7) is 10.8. The summed E-state index contributed by atoms with van der Waals surface area (Å²) >= 11 is 0. The van der Waals surface area contributed by atoms with E-state index in [1.165, 1.54) is 49.8 Å². The van der Waals surface area contributed by atoms with Crippen LogP contribution in [0.1, 0.15) is 118 Å². The third-order valence-electron chi connectivity index (χ3n) is 13.0. The molecule has 280 valence electrons. The van der Waals surface area contributed by atoms with Gasteiger partial charge in [0.1, 0.15) is 17.0 Å². The first-order chi connectivity index (χ1) is 26.7. The number of aromatic nitrogens is 6. The molecule has 10 rings (SSSR count). The number of aryl methyl sites for hydroxylation is 1. The monoisotopic (exact) mass is 731 g/mol. The molecular formula is C47H50FN7. The predicted molar refractivity (Wildman–Crippen MR) is 219 cm³/mol. The normalized spacial score (nSPS) is 19.9. The van der Waals surface area contributed by atoms with Crippen LogP contribution in [0.25, 0.3) is 38.9 Å². The van der Waals surface area contributed by atoms with E-state index in [1.807, 2.05) is 13.1 Å². The topological polar surface area (TPSA) is 84.6 Å². The molecule has 0 spiro atoms. The minimum atomic E-state index is -0.291. The first-order valence-electron chi connectivity index (χ1n) is 20.6. The van der Waals surface area contributed by atoms with Gasteiger partial charge >= 0.3 is 0 Å². The Morgan fingerprint density at radius 3 is 2.33 bits per heavy atom. The molecule has 6 heterocycles. The number of fused-ring (bicyclic) bond motifs is 4. The summed E-state index contributed by atoms with van der Waals surface area (Å²) in [7, 11) is 0. The van der Waals surface area contributed by atoms with Crippen LogP contribution in [0.4, 0.5) is 10.1 Å². The zero-order chi connectivity index (χ0) is 37.5. The Balaban J connectivity index is 1.04. The molecule has 4 aliphatic rings. The highest BCUT2D eigenvalue weighted by Gasteiger charge is 2.37. The average molecular weight is 732 g/mol. The Morgan fingerprint density at radius 2 is 1.62 bits per heavy atom. The molecule has 0 bridgehead atoms. The van der Waals surface area contributed by atoms with E-state index in [1.54, 1.807) is 6.07 Å². The van der Waals surface area contributed by atoms with Gasteiger partial charge in [-0.15, -0.1) is 0 Å². The first-order valence-corrected chi connectivity index (χ1v) is 20.6. The second kappa shape index (κ2) is 13.3. The van der Waals surface area contributed by atoms with E-state index < -0.39 is 0 Å². The summed E-state index contributed by atoms with van der Waals surface area (Å²) in [6, 6.07) is 15.1. The first kappa shape index (κ1) is 34.5. The van der Waals surface area contributed by atoms with Crippen LogP contribution in [-0.4, -0.2) is 35.2 Å². The van der Waals surface area contributed by atoms with Crippen molar-refractivity contribution in [2.75, 3.05) is 0 Å². The SMILES string of the molecule is Cc1nc2c(F)cc(C3=CC(C4=Nc5cnc(-c6c[nH]c7nc(CC8CCC8)ccc67)cc5C4C(C)C)Cc4nc(CC5CCC5)ccc43)cc2n1C(C)C. The van der Waals surface area contributed by atoms with Crippen molar-refractivity contribution in [2.24, 2.45) is 28.7 Å². The van der Waals surface area contributed by atoms with Crippen LogP contribution in [0.5, 0.6) is 0 Å². The number of hydrogen-bond acceptors (Lipinski definition) is 5. The van der Waals surface area contributed by atoms with E-state index in [0.717, 1.165) is 104 Å². The molecule has 0 saturated heterocycles. The Morgan fingerprint density at radius 1 is 0.873 bits per heavy atom. The molecule has 2 saturated carbocycles. The van der Waals surface area contributed by atoms with Crippen LogP contribution in [0.2, 0.25) is 0 Å². The largest absolute Gasteiger partial charge is 0.345 e. The van der Waals surface area contributed by atoms with E-state index in [9.17, 15) is 0 Å². The lowest BCUT2D eigenvalue weighted by Crippen LogP contribution is -2.27. The molecule has 2 atom stereocenters. The molecule has 6 aromatic rings. The Kier molecular flexibility index (Phi) is 8.37. The predicted octanol–water partition coefficient (Wildman–Crippen LogP) is 11.2. The Hall–Kier alpha value is -4.98. The number of nitrogens with one attached hydrogen (secondary N) is 1. The van der Waals surface area contributed by atoms with Crippen LogP contribution in [-0.2, 0) is 19.3 Å². The highest BCUT2D eigenvalue weighted by Crippen LogP contribution is 2.47. The van der Waals surface area contributed by atoms with Crippen LogP contribution < -0.4 is 0 Å². The summed E-state index contributed by atoms with van der Waals surface area (Å²) in [4.78, 5) is 28.8. The summed E-state index contributed by atoms with van der Waals surface area (Å²) < 4.78 is 18.2. The smallest absolute Gasteiger partial charge is 0.151 e. The lowest BCUT2D eigenvalue weighted by Gasteiger charge is -2.29. The van der Waals surface area contributed by atoms with Gasteiger partial charge in [0, 0.05) is 69.8 Å². The molecule has 55 heavy (non-hydrogen) atoms. The second-order valence-corrected chi connectivity index (χ2v) is 17.4. The van der Waals surface area contributed by atoms with Crippen molar-refractivity contribution in [3.05, 3.63) is 106 Å². The highest BCUT2D eigenvalue weighted by atomic mass is 19.1. The third kappa shape index (κ3) is 5.94. The average Bonchev–Trinajstić information content (AvgIpc) is 3.83. The van der Waals surface area contributed by atoms with E-state index in [4.69, 9.17) is 19.9 Å². The Labute approximate surface area is 322 Å². The fourth-order valence-electron chi connectivity index (χ4n) is 9.83. The number of hydrogen-bond donors (Lipinski definition) is 1. The van der Waals surface area contributed by atoms with Gasteiger partial charge in [-0.3, -0.25) is 15.0 Å². The minimum Gasteiger partial charge on any atom is -0.345 e. The van der Waals surface area contributed by atoms with Crippen molar-refractivity contribution in [3.63, 3.8) is 0 Å². The van der Waals surface area contributed by atoms with Gasteiger partial charge in [-0.25, -0.2) is 14.4 Å². The molecule has 7 nitrogen and oxygen atoms in total. The lowest BCUT2D eigenvalue weighted by molar-refractivity contribution is 0.312. The summed E-state index contributed by atoms with van der Waals surface area (Å²) in [6.07, 6.45) is 17.1. The fraction of sp³-hybridized carbons (Fsp3) is 0.426. The van der Waals surface area contributed by atoms with E-state index in [2.05, 4.69) is 90.9 Å². The van der Waals surface area contributed by atoms with Crippen LogP contribution in [0.3, 0.4) is 0 Å². The molecule has 1 aliphatic heterocycles. The molecule has 2 fully saturated rings. The highest BCUT2D eigenvalue weighted by molar-refractivity contribution is 6.04. The van der Waals surface area contributed by atoms with E-state index in [-0.39, 0.29) is 23.7 Å². The molecule has 1 aromatic carbocycles. The van der Waals surface area contributed by atoms with Gasteiger partial charge in [0.05, 0.1) is 23.1 Å². The van der Waals surface area contributed by atoms with Gasteiger partial charge in [0.25, 0.3) is 0 Å². The number of benzene rings is 1. The van der Waals surface area contributed by atoms with Crippen molar-refractivity contribution in [2.45, 2.75) is 104 Å². The van der Waals surface area contributed by atoms with Crippen molar-refractivity contribution in [3.8, 4) is 11.3 Å². The third-order valence-corrected chi connectivity index (χ3v) is 13.0. The van der Waals surface area contributed by atoms with Crippen molar-refractivity contribution >= 4 is 39.0 Å². The summed E-state index contributed by atoms with van der Waals surface area (Å²) in [5, 5.41) is 1.10. The molecule has 3 aliphatic carbocycles. The maximum absolute atomic E-state index is 16.0. The number of aliphatic imine (C=N–C) groups is 1. The quantitative estimate of drug-likeness (QED) is 0.160. The number of aromatic amines is 1. The maximum atomic E-state index is 16.0. The Bertz CT molecular complexity index is 2540. The standard InChI is InChI=1S/C47H50FN7/c1-25(2)44-37-22-40(38-23-50-47-35(38)15-13-33(53-47)17-29-10-7-11-29)49-24-42(37)54-45(44)31-18-36(34-14-12-32(52-41(34)20-31)16-28-8-6-9-28)30-19-39(48)46-43(21-30)55(26(3)4)27(5)51-46/h12-15,18-19,21-26,28-29,31,44H,6-11,16-17,20H2,1-5H3,(H,50,53). The molecule has 0 amide bonds. The number of nitrogens with zero attached hydrogens (tertiary/aromatic N) is 6. The number of rotatable bonds is 9. The van der Waals surface area contributed by atoms with Gasteiger partial charge in [0.2, 0.25) is 0 Å².